The molecule has 0 atom stereocenters. The predicted molar refractivity (Wildman–Crippen MR) is 81.0 cm³/mol. The van der Waals surface area contributed by atoms with Crippen molar-refractivity contribution in [2.45, 2.75) is 20.0 Å². The fourth-order valence-corrected chi connectivity index (χ4v) is 2.33. The molecular weight excluding hydrogens is 340 g/mol. The van der Waals surface area contributed by atoms with E-state index in [9.17, 15) is 4.79 Å². The molecule has 2 aromatic rings. The van der Waals surface area contributed by atoms with E-state index in [0.29, 0.717) is 17.2 Å². The molecule has 2 N–H and O–H groups in total. The minimum absolute atomic E-state index is 0.0123. The van der Waals surface area contributed by atoms with Crippen LogP contribution in [0.1, 0.15) is 24.3 Å². The topological polar surface area (TPSA) is 84.4 Å². The molecule has 2 rings (SSSR count). The number of aromatic carboxylic acids is 1. The maximum atomic E-state index is 10.9. The fourth-order valence-electron chi connectivity index (χ4n) is 1.81. The Labute approximate surface area is 130 Å². The number of carboxylic acids is 1. The molecule has 0 fully saturated rings. The SMILES string of the molecule is COc1cc(Br)c(-c2cc(C(=O)O)[nH]n2)cc1OC(C)C. The number of benzene rings is 1. The monoisotopic (exact) mass is 354 g/mol. The summed E-state index contributed by atoms with van der Waals surface area (Å²) < 4.78 is 11.7. The van der Waals surface area contributed by atoms with Gasteiger partial charge in [0.05, 0.1) is 18.9 Å². The van der Waals surface area contributed by atoms with E-state index in [1.165, 1.54) is 6.07 Å². The van der Waals surface area contributed by atoms with Crippen LogP contribution in [0.4, 0.5) is 0 Å². The maximum Gasteiger partial charge on any atom is 0.353 e. The normalized spacial score (nSPS) is 10.7. The number of rotatable bonds is 5. The number of nitrogens with one attached hydrogen (secondary N) is 1. The number of aromatic amines is 1. The van der Waals surface area contributed by atoms with E-state index in [1.54, 1.807) is 19.2 Å². The highest BCUT2D eigenvalue weighted by Gasteiger charge is 2.16. The number of halogens is 1. The van der Waals surface area contributed by atoms with Crippen molar-refractivity contribution < 1.29 is 19.4 Å². The quantitative estimate of drug-likeness (QED) is 0.859. The number of carbonyl (C=O) groups is 1. The highest BCUT2D eigenvalue weighted by atomic mass is 79.9. The van der Waals surface area contributed by atoms with Crippen LogP contribution in [0.15, 0.2) is 22.7 Å². The van der Waals surface area contributed by atoms with Gasteiger partial charge in [0, 0.05) is 10.0 Å². The molecule has 112 valence electrons. The number of aromatic nitrogens is 2. The van der Waals surface area contributed by atoms with Gasteiger partial charge in [0.2, 0.25) is 0 Å². The first-order valence-corrected chi connectivity index (χ1v) is 7.05. The van der Waals surface area contributed by atoms with Crippen molar-refractivity contribution in [2.24, 2.45) is 0 Å². The Morgan fingerprint density at radius 1 is 1.33 bits per heavy atom. The molecule has 1 aromatic heterocycles. The lowest BCUT2D eigenvalue weighted by atomic mass is 10.1. The molecule has 0 radical (unpaired) electrons. The Morgan fingerprint density at radius 3 is 2.57 bits per heavy atom. The molecule has 0 unspecified atom stereocenters. The number of methoxy groups -OCH3 is 1. The highest BCUT2D eigenvalue weighted by Crippen LogP contribution is 2.38. The first kappa shape index (κ1) is 15.4. The van der Waals surface area contributed by atoms with Gasteiger partial charge in [-0.15, -0.1) is 0 Å². The van der Waals surface area contributed by atoms with Crippen molar-refractivity contribution in [2.75, 3.05) is 7.11 Å². The molecule has 0 aliphatic heterocycles. The number of ether oxygens (including phenoxy) is 2. The summed E-state index contributed by atoms with van der Waals surface area (Å²) in [4.78, 5) is 10.9. The average Bonchev–Trinajstić information content (AvgIpc) is 2.89. The molecule has 0 saturated carbocycles. The summed E-state index contributed by atoms with van der Waals surface area (Å²) in [6, 6.07) is 5.00. The van der Waals surface area contributed by atoms with Crippen molar-refractivity contribution in [3.8, 4) is 22.8 Å². The van der Waals surface area contributed by atoms with Crippen molar-refractivity contribution in [1.29, 1.82) is 0 Å². The van der Waals surface area contributed by atoms with Crippen LogP contribution in [-0.4, -0.2) is 34.5 Å². The average molecular weight is 355 g/mol. The van der Waals surface area contributed by atoms with Gasteiger partial charge in [-0.1, -0.05) is 0 Å². The van der Waals surface area contributed by atoms with E-state index in [1.807, 2.05) is 13.8 Å². The first-order chi connectivity index (χ1) is 9.92. The van der Waals surface area contributed by atoms with E-state index >= 15 is 0 Å². The third-order valence-corrected chi connectivity index (χ3v) is 3.36. The molecule has 21 heavy (non-hydrogen) atoms. The number of H-pyrrole nitrogens is 1. The van der Waals surface area contributed by atoms with Gasteiger partial charge in [-0.3, -0.25) is 5.10 Å². The molecule has 6 nitrogen and oxygen atoms in total. The summed E-state index contributed by atoms with van der Waals surface area (Å²) in [5.41, 5.74) is 1.25. The van der Waals surface area contributed by atoms with Gasteiger partial charge < -0.3 is 14.6 Å². The van der Waals surface area contributed by atoms with E-state index in [0.717, 1.165) is 10.0 Å². The second-order valence-corrected chi connectivity index (χ2v) is 5.48. The standard InChI is InChI=1S/C14H15BrN2O4/c1-7(2)21-13-4-8(9(15)5-12(13)20-3)10-6-11(14(18)19)17-16-10/h4-7H,1-3H3,(H,16,17)(H,18,19). The van der Waals surface area contributed by atoms with Crippen LogP contribution >= 0.6 is 15.9 Å². The molecule has 0 spiro atoms. The summed E-state index contributed by atoms with van der Waals surface area (Å²) in [5, 5.41) is 15.4. The van der Waals surface area contributed by atoms with Crippen LogP contribution in [0.25, 0.3) is 11.3 Å². The summed E-state index contributed by atoms with van der Waals surface area (Å²) >= 11 is 3.43. The number of carboxylic acid groups (broad SMARTS) is 1. The zero-order valence-corrected chi connectivity index (χ0v) is 13.4. The van der Waals surface area contributed by atoms with Crippen LogP contribution in [0.5, 0.6) is 11.5 Å². The largest absolute Gasteiger partial charge is 0.493 e. The zero-order valence-electron chi connectivity index (χ0n) is 11.8. The molecule has 0 aliphatic carbocycles. The van der Waals surface area contributed by atoms with Crippen LogP contribution in [0.2, 0.25) is 0 Å². The molecule has 0 bridgehead atoms. The molecule has 0 amide bonds. The van der Waals surface area contributed by atoms with Gasteiger partial charge in [-0.2, -0.15) is 5.10 Å². The Balaban J connectivity index is 2.49. The van der Waals surface area contributed by atoms with Gasteiger partial charge in [0.15, 0.2) is 11.5 Å². The Morgan fingerprint density at radius 2 is 2.05 bits per heavy atom. The summed E-state index contributed by atoms with van der Waals surface area (Å²) in [7, 11) is 1.56. The second kappa shape index (κ2) is 6.17. The third-order valence-electron chi connectivity index (χ3n) is 2.70. The van der Waals surface area contributed by atoms with Crippen molar-refractivity contribution in [3.63, 3.8) is 0 Å². The summed E-state index contributed by atoms with van der Waals surface area (Å²) in [6.07, 6.45) is -0.0123. The smallest absolute Gasteiger partial charge is 0.353 e. The number of hydrogen-bond donors (Lipinski definition) is 2. The number of nitrogens with zero attached hydrogens (tertiary/aromatic N) is 1. The lowest BCUT2D eigenvalue weighted by molar-refractivity contribution is 0.0690. The predicted octanol–water partition coefficient (Wildman–Crippen LogP) is 3.33. The van der Waals surface area contributed by atoms with Gasteiger partial charge in [0.1, 0.15) is 5.69 Å². The molecule has 1 heterocycles. The molecular formula is C14H15BrN2O4. The van der Waals surface area contributed by atoms with Crippen molar-refractivity contribution >= 4 is 21.9 Å². The minimum Gasteiger partial charge on any atom is -0.493 e. The van der Waals surface area contributed by atoms with E-state index in [-0.39, 0.29) is 11.8 Å². The summed E-state index contributed by atoms with van der Waals surface area (Å²) in [6.45, 7) is 3.83. The van der Waals surface area contributed by atoms with Gasteiger partial charge in [-0.25, -0.2) is 4.79 Å². The molecule has 1 aromatic carbocycles. The highest BCUT2D eigenvalue weighted by molar-refractivity contribution is 9.10. The third kappa shape index (κ3) is 3.36. The number of hydrogen-bond acceptors (Lipinski definition) is 4. The van der Waals surface area contributed by atoms with Gasteiger partial charge >= 0.3 is 5.97 Å². The molecule has 7 heteroatoms. The lowest BCUT2D eigenvalue weighted by Crippen LogP contribution is -2.07. The van der Waals surface area contributed by atoms with Crippen molar-refractivity contribution in [1.82, 2.24) is 10.2 Å². The Kier molecular flexibility index (Phi) is 4.52. The fraction of sp³-hybridized carbons (Fsp3) is 0.286. The lowest BCUT2D eigenvalue weighted by Gasteiger charge is -2.15. The van der Waals surface area contributed by atoms with Gasteiger partial charge in [0.25, 0.3) is 0 Å². The first-order valence-electron chi connectivity index (χ1n) is 6.25. The van der Waals surface area contributed by atoms with Crippen molar-refractivity contribution in [3.05, 3.63) is 28.4 Å². The molecule has 0 saturated heterocycles. The zero-order chi connectivity index (χ0) is 15.6. The van der Waals surface area contributed by atoms with E-state index in [4.69, 9.17) is 14.6 Å². The Hall–Kier alpha value is -2.02. The molecule has 0 aliphatic rings. The van der Waals surface area contributed by atoms with Crippen LogP contribution in [-0.2, 0) is 0 Å². The van der Waals surface area contributed by atoms with Gasteiger partial charge in [-0.05, 0) is 48.0 Å². The van der Waals surface area contributed by atoms with Crippen LogP contribution in [0.3, 0.4) is 0 Å². The van der Waals surface area contributed by atoms with Crippen LogP contribution < -0.4 is 9.47 Å². The Bertz CT molecular complexity index is 667. The second-order valence-electron chi connectivity index (χ2n) is 4.62. The van der Waals surface area contributed by atoms with E-state index in [2.05, 4.69) is 26.1 Å². The maximum absolute atomic E-state index is 10.9. The minimum atomic E-state index is -1.06. The summed E-state index contributed by atoms with van der Waals surface area (Å²) in [5.74, 6) is 0.107. The van der Waals surface area contributed by atoms with E-state index < -0.39 is 5.97 Å². The van der Waals surface area contributed by atoms with Crippen LogP contribution in [0, 0.1) is 0 Å².